The maximum atomic E-state index is 4.35. The van der Waals surface area contributed by atoms with E-state index in [2.05, 4.69) is 82.9 Å². The highest BCUT2D eigenvalue weighted by Crippen LogP contribution is 2.27. The van der Waals surface area contributed by atoms with Crippen LogP contribution in [0.25, 0.3) is 22.2 Å². The fraction of sp³-hybridized carbons (Fsp3) is 0.136. The minimum absolute atomic E-state index is 0.865. The van der Waals surface area contributed by atoms with Gasteiger partial charge in [0.25, 0.3) is 0 Å². The molecular weight excluding hydrogens is 306 g/mol. The lowest BCUT2D eigenvalue weighted by atomic mass is 10.0. The zero-order valence-corrected chi connectivity index (χ0v) is 14.3. The number of benzene rings is 2. The summed E-state index contributed by atoms with van der Waals surface area (Å²) in [5.74, 6) is 0. The molecule has 0 bridgehead atoms. The lowest BCUT2D eigenvalue weighted by Crippen LogP contribution is -2.12. The molecule has 0 aliphatic heterocycles. The predicted octanol–water partition coefficient (Wildman–Crippen LogP) is 4.83. The molecule has 3 nitrogen and oxygen atoms in total. The van der Waals surface area contributed by atoms with Crippen LogP contribution in [0.1, 0.15) is 16.7 Å². The van der Waals surface area contributed by atoms with Gasteiger partial charge in [-0.1, -0.05) is 54.1 Å². The van der Waals surface area contributed by atoms with E-state index in [0.29, 0.717) is 0 Å². The van der Waals surface area contributed by atoms with Crippen molar-refractivity contribution in [2.24, 2.45) is 0 Å². The molecule has 2 heterocycles. The van der Waals surface area contributed by atoms with E-state index in [4.69, 9.17) is 0 Å². The summed E-state index contributed by atoms with van der Waals surface area (Å²) in [6, 6.07) is 21.6. The largest absolute Gasteiger partial charge is 0.346 e. The minimum Gasteiger partial charge on any atom is -0.346 e. The van der Waals surface area contributed by atoms with Gasteiger partial charge in [-0.2, -0.15) is 0 Å². The number of aryl methyl sites for hydroxylation is 1. The smallest absolute Gasteiger partial charge is 0.137 e. The van der Waals surface area contributed by atoms with Crippen molar-refractivity contribution in [3.05, 3.63) is 89.7 Å². The van der Waals surface area contributed by atoms with Gasteiger partial charge in [0.15, 0.2) is 0 Å². The number of aromatic amines is 1. The van der Waals surface area contributed by atoms with Crippen LogP contribution in [0.4, 0.5) is 0 Å². The highest BCUT2D eigenvalue weighted by atomic mass is 14.8. The number of hydrogen-bond donors (Lipinski definition) is 2. The van der Waals surface area contributed by atoms with Gasteiger partial charge in [0.05, 0.1) is 0 Å². The molecule has 2 aromatic heterocycles. The van der Waals surface area contributed by atoms with Crippen molar-refractivity contribution in [2.75, 3.05) is 0 Å². The Bertz CT molecular complexity index is 966. The van der Waals surface area contributed by atoms with Crippen molar-refractivity contribution in [2.45, 2.75) is 20.0 Å². The fourth-order valence-corrected chi connectivity index (χ4v) is 3.07. The maximum absolute atomic E-state index is 4.35. The first kappa shape index (κ1) is 15.6. The zero-order chi connectivity index (χ0) is 17.1. The average Bonchev–Trinajstić information content (AvgIpc) is 3.13. The Morgan fingerprint density at radius 1 is 0.840 bits per heavy atom. The first-order valence-corrected chi connectivity index (χ1v) is 8.57. The fourth-order valence-electron chi connectivity index (χ4n) is 3.07. The average molecular weight is 327 g/mol. The van der Waals surface area contributed by atoms with E-state index in [9.17, 15) is 0 Å². The summed E-state index contributed by atoms with van der Waals surface area (Å²) in [4.78, 5) is 7.52. The number of fused-ring (bicyclic) bond motifs is 1. The molecule has 0 saturated heterocycles. The molecule has 4 aromatic rings. The molecule has 25 heavy (non-hydrogen) atoms. The number of pyridine rings is 1. The van der Waals surface area contributed by atoms with Crippen molar-refractivity contribution < 1.29 is 0 Å². The van der Waals surface area contributed by atoms with Crippen LogP contribution in [0.3, 0.4) is 0 Å². The van der Waals surface area contributed by atoms with Crippen LogP contribution < -0.4 is 5.32 Å². The SMILES string of the molecule is Cc1ccc(CNCc2ccc(-c3ccnc4[nH]ccc34)cc2)cc1. The number of aromatic nitrogens is 2. The van der Waals surface area contributed by atoms with E-state index >= 15 is 0 Å². The first-order valence-electron chi connectivity index (χ1n) is 8.57. The van der Waals surface area contributed by atoms with Crippen LogP contribution in [0.15, 0.2) is 73.1 Å². The standard InChI is InChI=1S/C22H21N3/c1-16-2-4-17(5-3-16)14-23-15-18-6-8-19(9-7-18)20-10-12-24-22-21(20)11-13-25-22/h2-13,23H,14-15H2,1H3,(H,24,25). The van der Waals surface area contributed by atoms with Crippen LogP contribution in [0.2, 0.25) is 0 Å². The van der Waals surface area contributed by atoms with Crippen molar-refractivity contribution in [1.82, 2.24) is 15.3 Å². The third kappa shape index (κ3) is 3.47. The molecule has 0 unspecified atom stereocenters. The van der Waals surface area contributed by atoms with Gasteiger partial charge in [-0.15, -0.1) is 0 Å². The molecule has 0 atom stereocenters. The maximum Gasteiger partial charge on any atom is 0.137 e. The van der Waals surface area contributed by atoms with Crippen LogP contribution >= 0.6 is 0 Å². The summed E-state index contributed by atoms with van der Waals surface area (Å²) < 4.78 is 0. The minimum atomic E-state index is 0.865. The van der Waals surface area contributed by atoms with Gasteiger partial charge in [0.2, 0.25) is 0 Å². The molecule has 0 aliphatic carbocycles. The molecule has 2 aromatic carbocycles. The van der Waals surface area contributed by atoms with Crippen molar-refractivity contribution in [3.8, 4) is 11.1 Å². The van der Waals surface area contributed by atoms with Crippen LogP contribution in [-0.2, 0) is 13.1 Å². The molecule has 0 amide bonds. The quantitative estimate of drug-likeness (QED) is 0.551. The van der Waals surface area contributed by atoms with Crippen LogP contribution in [0.5, 0.6) is 0 Å². The number of nitrogens with zero attached hydrogens (tertiary/aromatic N) is 1. The molecule has 0 saturated carbocycles. The Hall–Kier alpha value is -2.91. The second kappa shape index (κ2) is 6.91. The molecule has 0 radical (unpaired) electrons. The van der Waals surface area contributed by atoms with Crippen molar-refractivity contribution in [3.63, 3.8) is 0 Å². The van der Waals surface area contributed by atoms with E-state index in [1.165, 1.54) is 27.8 Å². The lowest BCUT2D eigenvalue weighted by molar-refractivity contribution is 0.693. The number of nitrogens with one attached hydrogen (secondary N) is 2. The molecule has 4 rings (SSSR count). The van der Waals surface area contributed by atoms with E-state index < -0.39 is 0 Å². The lowest BCUT2D eigenvalue weighted by Gasteiger charge is -2.08. The molecule has 0 fully saturated rings. The molecular formula is C22H21N3. The first-order chi connectivity index (χ1) is 12.3. The van der Waals surface area contributed by atoms with Crippen LogP contribution in [-0.4, -0.2) is 9.97 Å². The Morgan fingerprint density at radius 2 is 1.52 bits per heavy atom. The topological polar surface area (TPSA) is 40.7 Å². The number of hydrogen-bond acceptors (Lipinski definition) is 2. The third-order valence-electron chi connectivity index (χ3n) is 4.50. The summed E-state index contributed by atoms with van der Waals surface area (Å²) in [5.41, 5.74) is 7.26. The van der Waals surface area contributed by atoms with Crippen molar-refractivity contribution >= 4 is 11.0 Å². The van der Waals surface area contributed by atoms with Gasteiger partial charge in [0, 0.05) is 30.9 Å². The third-order valence-corrected chi connectivity index (χ3v) is 4.50. The van der Waals surface area contributed by atoms with Gasteiger partial charge < -0.3 is 10.3 Å². The normalized spacial score (nSPS) is 11.1. The van der Waals surface area contributed by atoms with Gasteiger partial charge >= 0.3 is 0 Å². The second-order valence-corrected chi connectivity index (χ2v) is 6.38. The Morgan fingerprint density at radius 3 is 2.24 bits per heavy atom. The molecule has 3 heteroatoms. The Labute approximate surface area is 147 Å². The molecule has 2 N–H and O–H groups in total. The number of H-pyrrole nitrogens is 1. The summed E-state index contributed by atoms with van der Waals surface area (Å²) in [5, 5.41) is 4.67. The Balaban J connectivity index is 1.43. The van der Waals surface area contributed by atoms with E-state index in [1.807, 2.05) is 12.4 Å². The number of rotatable bonds is 5. The zero-order valence-electron chi connectivity index (χ0n) is 14.3. The van der Waals surface area contributed by atoms with Gasteiger partial charge in [0.1, 0.15) is 5.65 Å². The molecule has 0 spiro atoms. The highest BCUT2D eigenvalue weighted by molar-refractivity contribution is 5.92. The van der Waals surface area contributed by atoms with Gasteiger partial charge in [-0.25, -0.2) is 4.98 Å². The van der Waals surface area contributed by atoms with Gasteiger partial charge in [-0.05, 0) is 41.3 Å². The van der Waals surface area contributed by atoms with E-state index in [1.54, 1.807) is 0 Å². The second-order valence-electron chi connectivity index (χ2n) is 6.38. The summed E-state index contributed by atoms with van der Waals surface area (Å²) in [7, 11) is 0. The van der Waals surface area contributed by atoms with E-state index in [-0.39, 0.29) is 0 Å². The Kier molecular flexibility index (Phi) is 4.32. The molecule has 0 aliphatic rings. The summed E-state index contributed by atoms with van der Waals surface area (Å²) in [6.07, 6.45) is 3.79. The predicted molar refractivity (Wildman–Crippen MR) is 103 cm³/mol. The summed E-state index contributed by atoms with van der Waals surface area (Å²) >= 11 is 0. The van der Waals surface area contributed by atoms with Gasteiger partial charge in [-0.3, -0.25) is 0 Å². The molecule has 124 valence electrons. The monoisotopic (exact) mass is 327 g/mol. The highest BCUT2D eigenvalue weighted by Gasteiger charge is 2.05. The summed E-state index contributed by atoms with van der Waals surface area (Å²) in [6.45, 7) is 3.86. The van der Waals surface area contributed by atoms with E-state index in [0.717, 1.165) is 24.1 Å². The van der Waals surface area contributed by atoms with Crippen LogP contribution in [0, 0.1) is 6.92 Å². The van der Waals surface area contributed by atoms with Crippen molar-refractivity contribution in [1.29, 1.82) is 0 Å².